The van der Waals surface area contributed by atoms with Crippen LogP contribution in [0.4, 0.5) is 0 Å². The van der Waals surface area contributed by atoms with E-state index in [1.54, 1.807) is 12.1 Å². The summed E-state index contributed by atoms with van der Waals surface area (Å²) < 4.78 is 6.04. The molecule has 1 aromatic rings. The Balaban J connectivity index is 2.09. The minimum absolute atomic E-state index is 0.173. The second kappa shape index (κ2) is 3.50. The fourth-order valence-electron chi connectivity index (χ4n) is 1.02. The van der Waals surface area contributed by atoms with Gasteiger partial charge in [0.05, 0.1) is 5.56 Å². The normalized spacial score (nSPS) is 15.5. The van der Waals surface area contributed by atoms with Crippen molar-refractivity contribution in [2.24, 2.45) is 0 Å². The third-order valence-corrected chi connectivity index (χ3v) is 2.35. The van der Waals surface area contributed by atoms with Crippen LogP contribution in [0.15, 0.2) is 28.7 Å². The third-order valence-electron chi connectivity index (χ3n) is 1.86. The first-order valence-electron chi connectivity index (χ1n) is 4.22. The quantitative estimate of drug-likeness (QED) is 0.744. The molecule has 2 rings (SSSR count). The fourth-order valence-corrected chi connectivity index (χ4v) is 1.42. The van der Waals surface area contributed by atoms with Crippen molar-refractivity contribution in [3.8, 4) is 0 Å². The Morgan fingerprint density at radius 1 is 1.46 bits per heavy atom. The molecular weight excluding hydrogens is 232 g/mol. The van der Waals surface area contributed by atoms with Crippen molar-refractivity contribution in [1.29, 1.82) is 0 Å². The van der Waals surface area contributed by atoms with E-state index in [0.29, 0.717) is 5.56 Å². The maximum atomic E-state index is 11.4. The smallest absolute Gasteiger partial charge is 0.338 e. The molecule has 0 radical (unpaired) electrons. The zero-order valence-corrected chi connectivity index (χ0v) is 8.58. The molecule has 68 valence electrons. The Morgan fingerprint density at radius 3 is 2.85 bits per heavy atom. The van der Waals surface area contributed by atoms with Crippen molar-refractivity contribution in [1.82, 2.24) is 0 Å². The molecule has 0 heterocycles. The number of carbonyl (C=O) groups is 1. The monoisotopic (exact) mass is 240 g/mol. The zero-order chi connectivity index (χ0) is 9.26. The lowest BCUT2D eigenvalue weighted by molar-refractivity contribution is 0.0472. The van der Waals surface area contributed by atoms with E-state index in [4.69, 9.17) is 4.74 Å². The topological polar surface area (TPSA) is 26.3 Å². The lowest BCUT2D eigenvalue weighted by Crippen LogP contribution is -2.06. The highest BCUT2D eigenvalue weighted by molar-refractivity contribution is 9.10. The van der Waals surface area contributed by atoms with Crippen LogP contribution in [0.3, 0.4) is 0 Å². The number of esters is 1. The van der Waals surface area contributed by atoms with Crippen LogP contribution in [0.5, 0.6) is 0 Å². The summed E-state index contributed by atoms with van der Waals surface area (Å²) in [5.41, 5.74) is 0.612. The van der Waals surface area contributed by atoms with Crippen LogP contribution in [0.2, 0.25) is 0 Å². The predicted octanol–water partition coefficient (Wildman–Crippen LogP) is 2.77. The number of rotatable bonds is 2. The van der Waals surface area contributed by atoms with Gasteiger partial charge in [-0.2, -0.15) is 0 Å². The van der Waals surface area contributed by atoms with Crippen LogP contribution in [0, 0.1) is 0 Å². The van der Waals surface area contributed by atoms with Crippen LogP contribution < -0.4 is 0 Å². The summed E-state index contributed by atoms with van der Waals surface area (Å²) in [5.74, 6) is -0.219. The standard InChI is InChI=1S/C10H9BrO2/c11-8-3-1-2-7(6-8)10(12)13-9-4-5-9/h1-3,6,9H,4-5H2. The Hall–Kier alpha value is -0.830. The molecule has 0 aromatic heterocycles. The van der Waals surface area contributed by atoms with E-state index < -0.39 is 0 Å². The number of hydrogen-bond acceptors (Lipinski definition) is 2. The summed E-state index contributed by atoms with van der Waals surface area (Å²) in [6.45, 7) is 0. The molecule has 0 aliphatic heterocycles. The van der Waals surface area contributed by atoms with E-state index in [-0.39, 0.29) is 12.1 Å². The highest BCUT2D eigenvalue weighted by Crippen LogP contribution is 2.25. The molecule has 0 unspecified atom stereocenters. The molecule has 1 aliphatic rings. The van der Waals surface area contributed by atoms with Crippen molar-refractivity contribution < 1.29 is 9.53 Å². The van der Waals surface area contributed by atoms with Crippen molar-refractivity contribution in [3.05, 3.63) is 34.3 Å². The Morgan fingerprint density at radius 2 is 2.23 bits per heavy atom. The van der Waals surface area contributed by atoms with Crippen molar-refractivity contribution in [3.63, 3.8) is 0 Å². The van der Waals surface area contributed by atoms with Crippen molar-refractivity contribution >= 4 is 21.9 Å². The van der Waals surface area contributed by atoms with Gasteiger partial charge in [-0.15, -0.1) is 0 Å². The van der Waals surface area contributed by atoms with Gasteiger partial charge in [-0.1, -0.05) is 22.0 Å². The van der Waals surface area contributed by atoms with E-state index >= 15 is 0 Å². The van der Waals surface area contributed by atoms with Gasteiger partial charge in [0.2, 0.25) is 0 Å². The van der Waals surface area contributed by atoms with Gasteiger partial charge in [-0.3, -0.25) is 0 Å². The van der Waals surface area contributed by atoms with Crippen LogP contribution in [-0.2, 0) is 4.74 Å². The molecule has 0 N–H and O–H groups in total. The number of carbonyl (C=O) groups excluding carboxylic acids is 1. The highest BCUT2D eigenvalue weighted by atomic mass is 79.9. The lowest BCUT2D eigenvalue weighted by atomic mass is 10.2. The van der Waals surface area contributed by atoms with Gasteiger partial charge >= 0.3 is 5.97 Å². The van der Waals surface area contributed by atoms with E-state index in [2.05, 4.69) is 15.9 Å². The van der Waals surface area contributed by atoms with Crippen LogP contribution in [0.25, 0.3) is 0 Å². The van der Waals surface area contributed by atoms with Crippen LogP contribution >= 0.6 is 15.9 Å². The SMILES string of the molecule is O=C(OC1CC1)c1cccc(Br)c1. The van der Waals surface area contributed by atoms with E-state index in [1.165, 1.54) is 0 Å². The van der Waals surface area contributed by atoms with Crippen LogP contribution in [-0.4, -0.2) is 12.1 Å². The molecular formula is C10H9BrO2. The van der Waals surface area contributed by atoms with Gasteiger partial charge in [0, 0.05) is 4.47 Å². The summed E-state index contributed by atoms with van der Waals surface area (Å²) in [4.78, 5) is 11.4. The molecule has 1 saturated carbocycles. The minimum Gasteiger partial charge on any atom is -0.459 e. The van der Waals surface area contributed by atoms with E-state index in [1.807, 2.05) is 12.1 Å². The Kier molecular flexibility index (Phi) is 2.36. The molecule has 0 saturated heterocycles. The average Bonchev–Trinajstić information content (AvgIpc) is 2.88. The first-order valence-corrected chi connectivity index (χ1v) is 5.01. The second-order valence-corrected chi connectivity index (χ2v) is 4.03. The Bertz CT molecular complexity index is 331. The maximum Gasteiger partial charge on any atom is 0.338 e. The summed E-state index contributed by atoms with van der Waals surface area (Å²) in [5, 5.41) is 0. The summed E-state index contributed by atoms with van der Waals surface area (Å²) >= 11 is 3.30. The number of halogens is 1. The summed E-state index contributed by atoms with van der Waals surface area (Å²) in [6.07, 6.45) is 2.20. The summed E-state index contributed by atoms with van der Waals surface area (Å²) in [7, 11) is 0. The van der Waals surface area contributed by atoms with E-state index in [0.717, 1.165) is 17.3 Å². The van der Waals surface area contributed by atoms with E-state index in [9.17, 15) is 4.79 Å². The van der Waals surface area contributed by atoms with Gasteiger partial charge < -0.3 is 4.74 Å². The number of hydrogen-bond donors (Lipinski definition) is 0. The van der Waals surface area contributed by atoms with Crippen LogP contribution in [0.1, 0.15) is 23.2 Å². The van der Waals surface area contributed by atoms with Gasteiger partial charge in [0.15, 0.2) is 0 Å². The highest BCUT2D eigenvalue weighted by Gasteiger charge is 2.26. The summed E-state index contributed by atoms with van der Waals surface area (Å²) in [6, 6.07) is 7.24. The molecule has 1 fully saturated rings. The molecule has 13 heavy (non-hydrogen) atoms. The number of benzene rings is 1. The molecule has 1 aromatic carbocycles. The maximum absolute atomic E-state index is 11.4. The molecule has 3 heteroatoms. The van der Waals surface area contributed by atoms with Crippen molar-refractivity contribution in [2.75, 3.05) is 0 Å². The minimum atomic E-state index is -0.219. The van der Waals surface area contributed by atoms with Gasteiger partial charge in [-0.05, 0) is 31.0 Å². The largest absolute Gasteiger partial charge is 0.459 e. The molecule has 0 atom stereocenters. The lowest BCUT2D eigenvalue weighted by Gasteiger charge is -2.02. The first kappa shape index (κ1) is 8.75. The third kappa shape index (κ3) is 2.31. The molecule has 0 bridgehead atoms. The van der Waals surface area contributed by atoms with Gasteiger partial charge in [0.1, 0.15) is 6.10 Å². The average molecular weight is 241 g/mol. The molecule has 1 aliphatic carbocycles. The van der Waals surface area contributed by atoms with Gasteiger partial charge in [0.25, 0.3) is 0 Å². The molecule has 2 nitrogen and oxygen atoms in total. The zero-order valence-electron chi connectivity index (χ0n) is 7.00. The fraction of sp³-hybridized carbons (Fsp3) is 0.300. The number of ether oxygens (including phenoxy) is 1. The molecule has 0 spiro atoms. The van der Waals surface area contributed by atoms with Gasteiger partial charge in [-0.25, -0.2) is 4.79 Å². The Labute approximate surface area is 85.0 Å². The van der Waals surface area contributed by atoms with Crippen molar-refractivity contribution in [2.45, 2.75) is 18.9 Å². The molecule has 0 amide bonds. The first-order chi connectivity index (χ1) is 6.25. The second-order valence-electron chi connectivity index (χ2n) is 3.12. The predicted molar refractivity (Wildman–Crippen MR) is 52.6 cm³/mol.